The highest BCUT2D eigenvalue weighted by Crippen LogP contribution is 2.46. The Morgan fingerprint density at radius 2 is 1.61 bits per heavy atom. The summed E-state index contributed by atoms with van der Waals surface area (Å²) in [5.74, 6) is 0. The smallest absolute Gasteiger partial charge is 0.191 e. The van der Waals surface area contributed by atoms with E-state index in [1.807, 2.05) is 0 Å². The number of nitrogens with zero attached hydrogens (tertiary/aromatic N) is 1. The normalized spacial score (nSPS) is 12.0. The molecule has 2 aromatic carbocycles. The summed E-state index contributed by atoms with van der Waals surface area (Å²) in [6.45, 7) is 2.30. The van der Waals surface area contributed by atoms with Crippen molar-refractivity contribution >= 4 is 18.2 Å². The average Bonchev–Trinajstić information content (AvgIpc) is 2.73. The van der Waals surface area contributed by atoms with E-state index in [2.05, 4.69) is 73.1 Å². The van der Waals surface area contributed by atoms with Gasteiger partial charge in [-0.1, -0.05) is 37.3 Å². The van der Waals surface area contributed by atoms with Gasteiger partial charge in [0.15, 0.2) is 0 Å². The van der Waals surface area contributed by atoms with Gasteiger partial charge in [0.05, 0.1) is 10.7 Å². The number of rotatable bonds is 2. The quantitative estimate of drug-likeness (QED) is 0.599. The van der Waals surface area contributed by atoms with E-state index < -0.39 is 0 Å². The highest BCUT2D eigenvalue weighted by atomic mass is 31.1. The summed E-state index contributed by atoms with van der Waals surface area (Å²) in [6, 6.07) is 19.6. The van der Waals surface area contributed by atoms with E-state index in [-0.39, 0.29) is 7.53 Å². The van der Waals surface area contributed by atoms with Gasteiger partial charge in [0.1, 0.15) is 7.05 Å². The third-order valence-electron chi connectivity index (χ3n) is 3.46. The molecule has 1 heterocycles. The van der Waals surface area contributed by atoms with E-state index in [9.17, 15) is 0 Å². The Hall–Kier alpha value is -1.59. The largest absolute Gasteiger partial charge is 0.230 e. The molecule has 0 bridgehead atoms. The maximum Gasteiger partial charge on any atom is 0.230 e. The molecule has 18 heavy (non-hydrogen) atoms. The summed E-state index contributed by atoms with van der Waals surface area (Å²) in [6.07, 6.45) is 1.21. The maximum atomic E-state index is 2.37. The zero-order valence-electron chi connectivity index (χ0n) is 10.8. The lowest BCUT2D eigenvalue weighted by molar-refractivity contribution is -0.629. The van der Waals surface area contributed by atoms with Crippen molar-refractivity contribution in [3.8, 4) is 11.0 Å². The van der Waals surface area contributed by atoms with E-state index in [0.717, 1.165) is 0 Å². The van der Waals surface area contributed by atoms with Crippen LogP contribution in [0.1, 0.15) is 6.92 Å². The maximum absolute atomic E-state index is 2.37. The SMILES string of the molecule is CCp1c(-c2ccccc2)[n+](C)c2ccccc21. The molecule has 0 saturated carbocycles. The van der Waals surface area contributed by atoms with Crippen LogP contribution in [-0.4, -0.2) is 0 Å². The predicted octanol–water partition coefficient (Wildman–Crippen LogP) is 4.34. The van der Waals surface area contributed by atoms with E-state index in [4.69, 9.17) is 0 Å². The Kier molecular flexibility index (Phi) is 2.93. The second kappa shape index (κ2) is 4.59. The number of fused-ring (bicyclic) bond motifs is 1. The number of hydrogen-bond donors (Lipinski definition) is 0. The first kappa shape index (κ1) is 11.5. The number of aromatic nitrogens is 1. The molecule has 0 amide bonds. The van der Waals surface area contributed by atoms with Crippen LogP contribution in [0.3, 0.4) is 0 Å². The van der Waals surface area contributed by atoms with Gasteiger partial charge in [0.25, 0.3) is 0 Å². The number of benzene rings is 2. The molecular weight excluding hydrogens is 237 g/mol. The van der Waals surface area contributed by atoms with Crippen LogP contribution in [0, 0.1) is 0 Å². The summed E-state index contributed by atoms with van der Waals surface area (Å²) in [5, 5.41) is 1.52. The highest BCUT2D eigenvalue weighted by molar-refractivity contribution is 7.57. The Morgan fingerprint density at radius 3 is 2.33 bits per heavy atom. The van der Waals surface area contributed by atoms with Crippen molar-refractivity contribution in [3.05, 3.63) is 54.6 Å². The van der Waals surface area contributed by atoms with E-state index >= 15 is 0 Å². The van der Waals surface area contributed by atoms with Gasteiger partial charge in [-0.05, 0) is 31.9 Å². The van der Waals surface area contributed by atoms with Crippen molar-refractivity contribution in [2.24, 2.45) is 7.05 Å². The fourth-order valence-corrected chi connectivity index (χ4v) is 5.21. The van der Waals surface area contributed by atoms with Crippen LogP contribution in [0.15, 0.2) is 54.6 Å². The molecule has 0 spiro atoms. The molecule has 90 valence electrons. The molecule has 3 rings (SSSR count). The summed E-state index contributed by atoms with van der Waals surface area (Å²) in [7, 11) is 2.00. The van der Waals surface area contributed by atoms with Crippen molar-refractivity contribution in [2.45, 2.75) is 13.1 Å². The van der Waals surface area contributed by atoms with Gasteiger partial charge in [-0.2, -0.15) is 4.57 Å². The van der Waals surface area contributed by atoms with Crippen molar-refractivity contribution < 1.29 is 4.57 Å². The predicted molar refractivity (Wildman–Crippen MR) is 78.9 cm³/mol. The number of hydrogen-bond acceptors (Lipinski definition) is 0. The van der Waals surface area contributed by atoms with Gasteiger partial charge in [0.2, 0.25) is 10.9 Å². The minimum atomic E-state index is -0.195. The van der Waals surface area contributed by atoms with Gasteiger partial charge >= 0.3 is 0 Å². The van der Waals surface area contributed by atoms with Crippen LogP contribution >= 0.6 is 7.53 Å². The zero-order valence-corrected chi connectivity index (χ0v) is 11.7. The van der Waals surface area contributed by atoms with Crippen molar-refractivity contribution in [2.75, 3.05) is 0 Å². The summed E-state index contributed by atoms with van der Waals surface area (Å²) in [5.41, 5.74) is 4.24. The van der Waals surface area contributed by atoms with E-state index in [1.54, 1.807) is 0 Å². The van der Waals surface area contributed by atoms with Crippen molar-refractivity contribution in [1.82, 2.24) is 0 Å². The van der Waals surface area contributed by atoms with Gasteiger partial charge in [-0.3, -0.25) is 0 Å². The van der Waals surface area contributed by atoms with Crippen LogP contribution in [0.4, 0.5) is 0 Å². The van der Waals surface area contributed by atoms with Gasteiger partial charge in [-0.25, -0.2) is 0 Å². The Balaban J connectivity index is 2.38. The lowest BCUT2D eigenvalue weighted by atomic mass is 10.2. The second-order valence-corrected chi connectivity index (χ2v) is 6.88. The monoisotopic (exact) mass is 254 g/mol. The molecule has 1 atom stereocenters. The molecule has 0 saturated heterocycles. The summed E-state index contributed by atoms with van der Waals surface area (Å²) in [4.78, 5) is 0. The number of para-hydroxylation sites is 1. The number of aryl methyl sites for hydroxylation is 2. The molecule has 0 aliphatic carbocycles. The van der Waals surface area contributed by atoms with Crippen LogP contribution < -0.4 is 4.57 Å². The minimum absolute atomic E-state index is 0.195. The van der Waals surface area contributed by atoms with E-state index in [1.165, 1.54) is 27.8 Å². The Morgan fingerprint density at radius 1 is 0.944 bits per heavy atom. The molecule has 0 radical (unpaired) electrons. The summed E-state index contributed by atoms with van der Waals surface area (Å²) >= 11 is 0. The standard InChI is InChI=1S/C16H17NP/c1-3-18-15-12-8-7-11-14(15)17(2)16(18)13-9-5-4-6-10-13/h4-12H,3H2,1-2H3/q+1. The van der Waals surface area contributed by atoms with Crippen molar-refractivity contribution in [1.29, 1.82) is 0 Å². The molecule has 1 nitrogen and oxygen atoms in total. The van der Waals surface area contributed by atoms with Crippen LogP contribution in [0.2, 0.25) is 0 Å². The fraction of sp³-hybridized carbons (Fsp3) is 0.188. The summed E-state index contributed by atoms with van der Waals surface area (Å²) < 4.78 is 2.37. The second-order valence-electron chi connectivity index (χ2n) is 4.48. The van der Waals surface area contributed by atoms with Crippen LogP contribution in [0.25, 0.3) is 21.6 Å². The topological polar surface area (TPSA) is 3.88 Å². The Labute approximate surface area is 109 Å². The first-order valence-corrected chi connectivity index (χ1v) is 7.88. The first-order chi connectivity index (χ1) is 8.83. The molecule has 3 aromatic rings. The lowest BCUT2D eigenvalue weighted by Gasteiger charge is -1.99. The van der Waals surface area contributed by atoms with Crippen LogP contribution in [-0.2, 0) is 13.2 Å². The zero-order chi connectivity index (χ0) is 12.5. The highest BCUT2D eigenvalue weighted by Gasteiger charge is 2.22. The molecule has 0 aliphatic rings. The Bertz CT molecular complexity index is 683. The molecule has 0 fully saturated rings. The third-order valence-corrected chi connectivity index (χ3v) is 6.12. The van der Waals surface area contributed by atoms with Gasteiger partial charge < -0.3 is 0 Å². The third kappa shape index (κ3) is 1.67. The molecule has 1 aromatic heterocycles. The molecular formula is C16H17NP+. The first-order valence-electron chi connectivity index (χ1n) is 6.35. The van der Waals surface area contributed by atoms with E-state index in [0.29, 0.717) is 0 Å². The average molecular weight is 254 g/mol. The van der Waals surface area contributed by atoms with Crippen molar-refractivity contribution in [3.63, 3.8) is 0 Å². The van der Waals surface area contributed by atoms with Gasteiger partial charge in [-0.15, -0.1) is 0 Å². The lowest BCUT2D eigenvalue weighted by Crippen LogP contribution is -2.28. The van der Waals surface area contributed by atoms with Crippen LogP contribution in [0.5, 0.6) is 0 Å². The van der Waals surface area contributed by atoms with Gasteiger partial charge in [0, 0.05) is 6.07 Å². The molecule has 0 aliphatic heterocycles. The fourth-order valence-electron chi connectivity index (χ4n) is 2.64. The molecule has 2 heteroatoms. The minimum Gasteiger partial charge on any atom is -0.191 e. The molecule has 1 unspecified atom stereocenters. The molecule has 0 N–H and O–H groups in total.